The molecule has 0 amide bonds. The van der Waals surface area contributed by atoms with Crippen molar-refractivity contribution in [2.24, 2.45) is 17.0 Å². The number of nitrogens with two attached hydrogens (primary N) is 1. The summed E-state index contributed by atoms with van der Waals surface area (Å²) in [5, 5.41) is 14.8. The van der Waals surface area contributed by atoms with Crippen LogP contribution < -0.4 is 10.0 Å². The van der Waals surface area contributed by atoms with Crippen molar-refractivity contribution in [3.8, 4) is 0 Å². The SMILES string of the molecule is NS(=O)(=O)c1ccc(N2CC3CCC(O)C3C2)c(F)c1. The molecule has 3 N–H and O–H groups in total. The molecule has 7 heteroatoms. The summed E-state index contributed by atoms with van der Waals surface area (Å²) in [6.07, 6.45) is 1.46. The summed E-state index contributed by atoms with van der Waals surface area (Å²) in [6, 6.07) is 3.72. The van der Waals surface area contributed by atoms with Crippen LogP contribution in [0.4, 0.5) is 10.1 Å². The summed E-state index contributed by atoms with van der Waals surface area (Å²) >= 11 is 0. The third kappa shape index (κ3) is 2.30. The van der Waals surface area contributed by atoms with E-state index in [-0.39, 0.29) is 16.9 Å². The molecule has 0 aromatic heterocycles. The fourth-order valence-corrected chi connectivity index (χ4v) is 3.88. The lowest BCUT2D eigenvalue weighted by molar-refractivity contribution is 0.133. The van der Waals surface area contributed by atoms with Gasteiger partial charge in [0.05, 0.1) is 16.7 Å². The number of sulfonamides is 1. The fraction of sp³-hybridized carbons (Fsp3) is 0.538. The standard InChI is InChI=1S/C13H17FN2O3S/c14-11-5-9(20(15,18)19)2-3-12(11)16-6-8-1-4-13(17)10(8)7-16/h2-3,5,8,10,13,17H,1,4,6-7H2,(H2,15,18,19). The van der Waals surface area contributed by atoms with Crippen molar-refractivity contribution in [1.82, 2.24) is 0 Å². The average Bonchev–Trinajstić information content (AvgIpc) is 2.91. The molecule has 1 aromatic rings. The van der Waals surface area contributed by atoms with Gasteiger partial charge < -0.3 is 10.0 Å². The van der Waals surface area contributed by atoms with Gasteiger partial charge in [-0.3, -0.25) is 0 Å². The Labute approximate surface area is 117 Å². The van der Waals surface area contributed by atoms with E-state index in [2.05, 4.69) is 0 Å². The van der Waals surface area contributed by atoms with Crippen LogP contribution >= 0.6 is 0 Å². The molecule has 1 saturated carbocycles. The Morgan fingerprint density at radius 3 is 2.65 bits per heavy atom. The number of aliphatic hydroxyl groups excluding tert-OH is 1. The number of hydrogen-bond acceptors (Lipinski definition) is 4. The lowest BCUT2D eigenvalue weighted by Crippen LogP contribution is -2.25. The first-order chi connectivity index (χ1) is 9.36. The maximum atomic E-state index is 14.1. The molecular formula is C13H17FN2O3S. The van der Waals surface area contributed by atoms with Crippen molar-refractivity contribution < 1.29 is 17.9 Å². The first-order valence-electron chi connectivity index (χ1n) is 6.61. The van der Waals surface area contributed by atoms with Crippen molar-refractivity contribution >= 4 is 15.7 Å². The van der Waals surface area contributed by atoms with Gasteiger partial charge in [-0.2, -0.15) is 0 Å². The Balaban J connectivity index is 1.86. The second kappa shape index (κ2) is 4.68. The van der Waals surface area contributed by atoms with Gasteiger partial charge in [0.25, 0.3) is 0 Å². The maximum Gasteiger partial charge on any atom is 0.238 e. The van der Waals surface area contributed by atoms with Crippen molar-refractivity contribution in [3.05, 3.63) is 24.0 Å². The Hall–Kier alpha value is -1.18. The van der Waals surface area contributed by atoms with Gasteiger partial charge in [-0.15, -0.1) is 0 Å². The Morgan fingerprint density at radius 1 is 1.30 bits per heavy atom. The predicted molar refractivity (Wildman–Crippen MR) is 72.2 cm³/mol. The minimum Gasteiger partial charge on any atom is -0.393 e. The third-order valence-corrected chi connectivity index (χ3v) is 5.32. The van der Waals surface area contributed by atoms with E-state index in [1.54, 1.807) is 0 Å². The lowest BCUT2D eigenvalue weighted by atomic mass is 10.00. The topological polar surface area (TPSA) is 83.6 Å². The fourth-order valence-electron chi connectivity index (χ4n) is 3.35. The van der Waals surface area contributed by atoms with Crippen LogP contribution in [0.15, 0.2) is 23.1 Å². The van der Waals surface area contributed by atoms with E-state index in [9.17, 15) is 17.9 Å². The summed E-state index contributed by atoms with van der Waals surface area (Å²) in [5.74, 6) is -0.0133. The van der Waals surface area contributed by atoms with Crippen LogP contribution in [-0.4, -0.2) is 32.7 Å². The number of fused-ring (bicyclic) bond motifs is 1. The van der Waals surface area contributed by atoms with Gasteiger partial charge in [-0.05, 0) is 37.0 Å². The molecular weight excluding hydrogens is 283 g/mol. The molecule has 5 nitrogen and oxygen atoms in total. The summed E-state index contributed by atoms with van der Waals surface area (Å²) in [6.45, 7) is 1.31. The van der Waals surface area contributed by atoms with E-state index >= 15 is 0 Å². The number of nitrogens with zero attached hydrogens (tertiary/aromatic N) is 1. The molecule has 20 heavy (non-hydrogen) atoms. The number of benzene rings is 1. The number of primary sulfonamides is 1. The lowest BCUT2D eigenvalue weighted by Gasteiger charge is -2.21. The highest BCUT2D eigenvalue weighted by Gasteiger charge is 2.42. The molecule has 1 aromatic carbocycles. The van der Waals surface area contributed by atoms with Gasteiger partial charge in [0.15, 0.2) is 0 Å². The number of hydrogen-bond donors (Lipinski definition) is 2. The van der Waals surface area contributed by atoms with Gasteiger partial charge >= 0.3 is 0 Å². The second-order valence-corrected chi connectivity index (χ2v) is 7.19. The first kappa shape index (κ1) is 13.8. The highest BCUT2D eigenvalue weighted by Crippen LogP contribution is 2.40. The van der Waals surface area contributed by atoms with Crippen LogP contribution in [-0.2, 0) is 10.0 Å². The molecule has 110 valence electrons. The molecule has 3 rings (SSSR count). The van der Waals surface area contributed by atoms with Crippen LogP contribution in [0.5, 0.6) is 0 Å². The van der Waals surface area contributed by atoms with E-state index in [1.807, 2.05) is 4.90 Å². The molecule has 3 unspecified atom stereocenters. The van der Waals surface area contributed by atoms with E-state index in [4.69, 9.17) is 5.14 Å². The number of aliphatic hydroxyl groups is 1. The van der Waals surface area contributed by atoms with Crippen LogP contribution in [0.2, 0.25) is 0 Å². The summed E-state index contributed by atoms with van der Waals surface area (Å²) in [5.41, 5.74) is 0.374. The van der Waals surface area contributed by atoms with Crippen LogP contribution in [0.1, 0.15) is 12.8 Å². The van der Waals surface area contributed by atoms with Crippen molar-refractivity contribution in [1.29, 1.82) is 0 Å². The molecule has 1 heterocycles. The van der Waals surface area contributed by atoms with E-state index in [0.717, 1.165) is 18.9 Å². The van der Waals surface area contributed by atoms with Crippen LogP contribution in [0.3, 0.4) is 0 Å². The first-order valence-corrected chi connectivity index (χ1v) is 8.16. The molecule has 1 aliphatic heterocycles. The minimum absolute atomic E-state index is 0.187. The molecule has 1 aliphatic carbocycles. The largest absolute Gasteiger partial charge is 0.393 e. The zero-order valence-electron chi connectivity index (χ0n) is 10.9. The van der Waals surface area contributed by atoms with Gasteiger partial charge in [0.2, 0.25) is 10.0 Å². The van der Waals surface area contributed by atoms with Gasteiger partial charge in [-0.25, -0.2) is 17.9 Å². The summed E-state index contributed by atoms with van der Waals surface area (Å²) in [7, 11) is -3.89. The normalized spacial score (nSPS) is 29.8. The predicted octanol–water partition coefficient (Wildman–Crippen LogP) is 0.680. The van der Waals surface area contributed by atoms with Crippen molar-refractivity contribution in [2.75, 3.05) is 18.0 Å². The molecule has 1 saturated heterocycles. The van der Waals surface area contributed by atoms with Crippen molar-refractivity contribution in [2.45, 2.75) is 23.8 Å². The van der Waals surface area contributed by atoms with Gasteiger partial charge in [0, 0.05) is 19.0 Å². The monoisotopic (exact) mass is 300 g/mol. The highest BCUT2D eigenvalue weighted by molar-refractivity contribution is 7.89. The molecule has 0 spiro atoms. The van der Waals surface area contributed by atoms with E-state index < -0.39 is 15.8 Å². The molecule has 3 atom stereocenters. The quantitative estimate of drug-likeness (QED) is 0.841. The Kier molecular flexibility index (Phi) is 3.23. The smallest absolute Gasteiger partial charge is 0.238 e. The van der Waals surface area contributed by atoms with E-state index in [1.165, 1.54) is 12.1 Å². The average molecular weight is 300 g/mol. The highest BCUT2D eigenvalue weighted by atomic mass is 32.2. The number of halogens is 1. The maximum absolute atomic E-state index is 14.1. The molecule has 0 radical (unpaired) electrons. The molecule has 0 bridgehead atoms. The minimum atomic E-state index is -3.89. The summed E-state index contributed by atoms with van der Waals surface area (Å²) in [4.78, 5) is 1.65. The van der Waals surface area contributed by atoms with Crippen molar-refractivity contribution in [3.63, 3.8) is 0 Å². The Bertz CT molecular complexity index is 635. The third-order valence-electron chi connectivity index (χ3n) is 4.41. The molecule has 2 aliphatic rings. The van der Waals surface area contributed by atoms with E-state index in [0.29, 0.717) is 24.7 Å². The Morgan fingerprint density at radius 2 is 2.05 bits per heavy atom. The zero-order chi connectivity index (χ0) is 14.5. The number of anilines is 1. The van der Waals surface area contributed by atoms with Crippen LogP contribution in [0.25, 0.3) is 0 Å². The number of rotatable bonds is 2. The van der Waals surface area contributed by atoms with Gasteiger partial charge in [0.1, 0.15) is 5.82 Å². The second-order valence-electron chi connectivity index (χ2n) is 5.63. The zero-order valence-corrected chi connectivity index (χ0v) is 11.7. The summed E-state index contributed by atoms with van der Waals surface area (Å²) < 4.78 is 36.5. The molecule has 2 fully saturated rings. The van der Waals surface area contributed by atoms with Gasteiger partial charge in [-0.1, -0.05) is 0 Å². The van der Waals surface area contributed by atoms with Crippen LogP contribution in [0, 0.1) is 17.7 Å².